The predicted molar refractivity (Wildman–Crippen MR) is 141 cm³/mol. The minimum absolute atomic E-state index is 0.0680. The minimum Gasteiger partial charge on any atom is -0.353 e. The average Bonchev–Trinajstić information content (AvgIpc) is 3.61. The largest absolute Gasteiger partial charge is 0.417 e. The monoisotopic (exact) mass is 577 g/mol. The number of fused-ring (bicyclic) bond motifs is 1. The Balaban J connectivity index is 1.49. The van der Waals surface area contributed by atoms with Crippen molar-refractivity contribution < 1.29 is 22.8 Å². The quantitative estimate of drug-likeness (QED) is 0.463. The lowest BCUT2D eigenvalue weighted by atomic mass is 10.0. The molecule has 1 fully saturated rings. The Hall–Kier alpha value is -3.87. The van der Waals surface area contributed by atoms with Gasteiger partial charge in [-0.1, -0.05) is 11.6 Å². The molecule has 1 aliphatic heterocycles. The number of amides is 2. The van der Waals surface area contributed by atoms with Crippen molar-refractivity contribution in [2.75, 3.05) is 11.9 Å². The van der Waals surface area contributed by atoms with E-state index in [0.29, 0.717) is 17.1 Å². The van der Waals surface area contributed by atoms with Crippen LogP contribution in [0.4, 0.5) is 19.1 Å². The number of carbonyl (C=O) groups is 2. The number of anilines is 1. The topological polar surface area (TPSA) is 114 Å². The summed E-state index contributed by atoms with van der Waals surface area (Å²) in [5, 5.41) is 9.81. The Bertz CT molecular complexity index is 1560. The van der Waals surface area contributed by atoms with Crippen LogP contribution in [0.25, 0.3) is 5.82 Å². The van der Waals surface area contributed by atoms with Crippen LogP contribution in [0.3, 0.4) is 0 Å². The van der Waals surface area contributed by atoms with Crippen LogP contribution in [-0.4, -0.2) is 54.7 Å². The second-order valence-electron chi connectivity index (χ2n) is 10.2. The molecular weight excluding hydrogens is 551 g/mol. The maximum atomic E-state index is 13.8. The van der Waals surface area contributed by atoms with Crippen LogP contribution < -0.4 is 16.2 Å². The van der Waals surface area contributed by atoms with Gasteiger partial charge in [0.15, 0.2) is 5.69 Å². The molecule has 0 spiro atoms. The predicted octanol–water partition coefficient (Wildman–Crippen LogP) is 3.55. The number of nitrogens with zero attached hydrogens (tertiary/aromatic N) is 5. The molecule has 5 rings (SSSR count). The third-order valence-corrected chi connectivity index (χ3v) is 7.02. The van der Waals surface area contributed by atoms with Crippen LogP contribution >= 0.6 is 11.6 Å². The van der Waals surface area contributed by atoms with Crippen molar-refractivity contribution in [3.63, 3.8) is 0 Å². The van der Waals surface area contributed by atoms with E-state index >= 15 is 0 Å². The molecule has 40 heavy (non-hydrogen) atoms. The standard InChI is InChI=1S/C26H27ClF3N7O3/c1-13(2)31-25-33-20-12-36(23(39)14-4-7-18(27)17(10-14)26(28,29)30)9-8-16(20)24(40)37(25)21-11-19(34-35(21)3)22(38)32-15-5-6-15/h4,7,10-11,13,15H,5-6,8-9,12H2,1-3H3,(H,31,33)(H,32,38). The number of aryl methyl sites for hydroxylation is 1. The van der Waals surface area contributed by atoms with Crippen molar-refractivity contribution in [1.29, 1.82) is 0 Å². The molecule has 0 atom stereocenters. The highest BCUT2D eigenvalue weighted by Crippen LogP contribution is 2.35. The number of halogens is 4. The van der Waals surface area contributed by atoms with E-state index in [1.807, 2.05) is 13.8 Å². The van der Waals surface area contributed by atoms with Crippen LogP contribution in [-0.2, 0) is 26.2 Å². The molecule has 0 saturated heterocycles. The van der Waals surface area contributed by atoms with Gasteiger partial charge in [0, 0.05) is 42.9 Å². The van der Waals surface area contributed by atoms with E-state index in [1.54, 1.807) is 7.05 Å². The highest BCUT2D eigenvalue weighted by Gasteiger charge is 2.35. The van der Waals surface area contributed by atoms with Gasteiger partial charge < -0.3 is 15.5 Å². The molecule has 14 heteroatoms. The van der Waals surface area contributed by atoms with Crippen molar-refractivity contribution in [2.45, 2.75) is 57.9 Å². The number of hydrogen-bond donors (Lipinski definition) is 2. The molecule has 3 aromatic rings. The Kier molecular flexibility index (Phi) is 7.11. The molecule has 0 unspecified atom stereocenters. The van der Waals surface area contributed by atoms with E-state index in [9.17, 15) is 27.6 Å². The first-order valence-corrected chi connectivity index (χ1v) is 13.1. The van der Waals surface area contributed by atoms with Crippen LogP contribution in [0.1, 0.15) is 64.4 Å². The smallest absolute Gasteiger partial charge is 0.353 e. The second kappa shape index (κ2) is 10.3. The average molecular weight is 578 g/mol. The van der Waals surface area contributed by atoms with Crippen molar-refractivity contribution >= 4 is 29.4 Å². The van der Waals surface area contributed by atoms with E-state index in [0.717, 1.165) is 25.0 Å². The summed E-state index contributed by atoms with van der Waals surface area (Å²) in [4.78, 5) is 45.5. The summed E-state index contributed by atoms with van der Waals surface area (Å²) in [6.45, 7) is 3.76. The summed E-state index contributed by atoms with van der Waals surface area (Å²) < 4.78 is 42.8. The van der Waals surface area contributed by atoms with Gasteiger partial charge in [0.25, 0.3) is 17.4 Å². The zero-order chi connectivity index (χ0) is 28.9. The lowest BCUT2D eigenvalue weighted by Gasteiger charge is -2.29. The first kappa shape index (κ1) is 27.7. The van der Waals surface area contributed by atoms with E-state index in [1.165, 1.54) is 26.3 Å². The number of nitrogens with one attached hydrogen (secondary N) is 2. The summed E-state index contributed by atoms with van der Waals surface area (Å²) in [6, 6.07) is 4.56. The Morgan fingerprint density at radius 1 is 1.18 bits per heavy atom. The van der Waals surface area contributed by atoms with E-state index in [4.69, 9.17) is 11.6 Å². The van der Waals surface area contributed by atoms with Gasteiger partial charge >= 0.3 is 6.18 Å². The summed E-state index contributed by atoms with van der Waals surface area (Å²) in [5.74, 6) is -0.429. The van der Waals surface area contributed by atoms with Gasteiger partial charge in [0.05, 0.1) is 22.8 Å². The van der Waals surface area contributed by atoms with Crippen molar-refractivity contribution in [3.05, 3.63) is 67.7 Å². The fourth-order valence-electron chi connectivity index (χ4n) is 4.55. The molecule has 0 bridgehead atoms. The number of aromatic nitrogens is 4. The molecule has 1 saturated carbocycles. The fourth-order valence-corrected chi connectivity index (χ4v) is 4.78. The normalized spacial score (nSPS) is 15.2. The van der Waals surface area contributed by atoms with Crippen molar-refractivity contribution in [2.24, 2.45) is 7.05 Å². The third kappa shape index (κ3) is 5.42. The summed E-state index contributed by atoms with van der Waals surface area (Å²) in [7, 11) is 1.62. The minimum atomic E-state index is -4.71. The second-order valence-corrected chi connectivity index (χ2v) is 10.6. The van der Waals surface area contributed by atoms with Gasteiger partial charge in [-0.15, -0.1) is 0 Å². The van der Waals surface area contributed by atoms with Crippen LogP contribution in [0, 0.1) is 0 Å². The first-order chi connectivity index (χ1) is 18.8. The molecule has 1 aromatic carbocycles. The Morgan fingerprint density at radius 3 is 2.55 bits per heavy atom. The maximum Gasteiger partial charge on any atom is 0.417 e. The SMILES string of the molecule is CC(C)Nc1nc2c(c(=O)n1-c1cc(C(=O)NC3CC3)nn1C)CCN(C(=O)c1ccc(Cl)c(C(F)(F)F)c1)C2. The van der Waals surface area contributed by atoms with Gasteiger partial charge in [0.1, 0.15) is 5.82 Å². The van der Waals surface area contributed by atoms with Gasteiger partial charge in [-0.2, -0.15) is 18.3 Å². The zero-order valence-electron chi connectivity index (χ0n) is 22.0. The molecule has 10 nitrogen and oxygen atoms in total. The maximum absolute atomic E-state index is 13.8. The molecule has 2 aliphatic rings. The third-order valence-electron chi connectivity index (χ3n) is 6.69. The Morgan fingerprint density at radius 2 is 1.90 bits per heavy atom. The Labute approximate surface area is 232 Å². The highest BCUT2D eigenvalue weighted by atomic mass is 35.5. The van der Waals surface area contributed by atoms with E-state index in [-0.39, 0.29) is 60.3 Å². The molecule has 3 heterocycles. The molecule has 212 valence electrons. The van der Waals surface area contributed by atoms with Crippen LogP contribution in [0.15, 0.2) is 29.1 Å². The molecule has 0 radical (unpaired) electrons. The van der Waals surface area contributed by atoms with Gasteiger partial charge in [0.2, 0.25) is 5.95 Å². The number of hydrogen-bond acceptors (Lipinski definition) is 6. The highest BCUT2D eigenvalue weighted by molar-refractivity contribution is 6.31. The number of alkyl halides is 3. The van der Waals surface area contributed by atoms with E-state index < -0.39 is 22.7 Å². The molecule has 2 aromatic heterocycles. The fraction of sp³-hybridized carbons (Fsp3) is 0.423. The summed E-state index contributed by atoms with van der Waals surface area (Å²) in [5.41, 5.74) is -0.770. The lowest BCUT2D eigenvalue weighted by Crippen LogP contribution is -2.41. The van der Waals surface area contributed by atoms with Gasteiger partial charge in [-0.05, 0) is 51.3 Å². The zero-order valence-corrected chi connectivity index (χ0v) is 22.7. The van der Waals surface area contributed by atoms with Crippen molar-refractivity contribution in [1.82, 2.24) is 29.5 Å². The number of carbonyl (C=O) groups excluding carboxylic acids is 2. The molecule has 1 aliphatic carbocycles. The van der Waals surface area contributed by atoms with Crippen LogP contribution in [0.5, 0.6) is 0 Å². The van der Waals surface area contributed by atoms with Crippen molar-refractivity contribution in [3.8, 4) is 5.82 Å². The van der Waals surface area contributed by atoms with Crippen LogP contribution in [0.2, 0.25) is 5.02 Å². The van der Waals surface area contributed by atoms with Gasteiger partial charge in [-0.25, -0.2) is 9.55 Å². The molecule has 2 N–H and O–H groups in total. The van der Waals surface area contributed by atoms with Gasteiger partial charge in [-0.3, -0.25) is 19.1 Å². The first-order valence-electron chi connectivity index (χ1n) is 12.8. The van der Waals surface area contributed by atoms with E-state index in [2.05, 4.69) is 20.7 Å². The summed E-state index contributed by atoms with van der Waals surface area (Å²) in [6.07, 6.45) is -2.73. The summed E-state index contributed by atoms with van der Waals surface area (Å²) >= 11 is 5.71. The molecular formula is C26H27ClF3N7O3. The lowest BCUT2D eigenvalue weighted by molar-refractivity contribution is -0.137. The number of benzene rings is 1. The molecule has 2 amide bonds. The number of rotatable bonds is 6.